The van der Waals surface area contributed by atoms with Crippen molar-refractivity contribution in [3.05, 3.63) is 53.0 Å². The van der Waals surface area contributed by atoms with Crippen LogP contribution in [-0.4, -0.2) is 16.8 Å². The smallest absolute Gasteiger partial charge is 0.261 e. The number of hydrogen-bond acceptors (Lipinski definition) is 4. The van der Waals surface area contributed by atoms with E-state index in [1.165, 1.54) is 0 Å². The zero-order valence-electron chi connectivity index (χ0n) is 11.8. The standard InChI is InChI=1S/C16H15NO4/c1-9-3-5-12-11(7-9)16(20,15(19)17-12)8-13(18)14-6-4-10(2)21-14/h3-7,20H,8H2,1-2H3,(H,17,19)/t16-/m1/s1. The molecule has 1 aliphatic rings. The number of anilines is 1. The molecule has 2 heterocycles. The molecule has 1 aromatic carbocycles. The summed E-state index contributed by atoms with van der Waals surface area (Å²) in [5.74, 6) is -0.234. The van der Waals surface area contributed by atoms with Gasteiger partial charge in [-0.1, -0.05) is 17.7 Å². The minimum absolute atomic E-state index is 0.148. The fourth-order valence-corrected chi connectivity index (χ4v) is 2.54. The van der Waals surface area contributed by atoms with Gasteiger partial charge in [-0.25, -0.2) is 0 Å². The highest BCUT2D eigenvalue weighted by molar-refractivity contribution is 6.08. The lowest BCUT2D eigenvalue weighted by molar-refractivity contribution is -0.133. The molecule has 2 aromatic rings. The van der Waals surface area contributed by atoms with Crippen LogP contribution in [0, 0.1) is 13.8 Å². The molecule has 5 nitrogen and oxygen atoms in total. The van der Waals surface area contributed by atoms with E-state index in [2.05, 4.69) is 5.32 Å². The van der Waals surface area contributed by atoms with Gasteiger partial charge in [-0.2, -0.15) is 0 Å². The Kier molecular flexibility index (Phi) is 2.95. The number of furan rings is 1. The van der Waals surface area contributed by atoms with Gasteiger partial charge in [0.1, 0.15) is 5.76 Å². The van der Waals surface area contributed by atoms with Crippen molar-refractivity contribution in [2.24, 2.45) is 0 Å². The molecule has 0 unspecified atom stereocenters. The molecule has 1 aromatic heterocycles. The zero-order chi connectivity index (χ0) is 15.2. The average Bonchev–Trinajstić information content (AvgIpc) is 2.95. The van der Waals surface area contributed by atoms with Crippen LogP contribution in [0.5, 0.6) is 0 Å². The third-order valence-electron chi connectivity index (χ3n) is 3.68. The van der Waals surface area contributed by atoms with Gasteiger partial charge in [0.05, 0.1) is 6.42 Å². The summed E-state index contributed by atoms with van der Waals surface area (Å²) in [6.45, 7) is 3.59. The van der Waals surface area contributed by atoms with E-state index in [1.54, 1.807) is 31.2 Å². The molecule has 21 heavy (non-hydrogen) atoms. The summed E-state index contributed by atoms with van der Waals surface area (Å²) < 4.78 is 5.26. The molecule has 1 aliphatic heterocycles. The fourth-order valence-electron chi connectivity index (χ4n) is 2.54. The van der Waals surface area contributed by atoms with Crippen LogP contribution in [0.2, 0.25) is 0 Å². The van der Waals surface area contributed by atoms with Gasteiger partial charge in [-0.3, -0.25) is 9.59 Å². The largest absolute Gasteiger partial charge is 0.458 e. The maximum atomic E-state index is 12.2. The van der Waals surface area contributed by atoms with E-state index in [0.717, 1.165) is 5.56 Å². The minimum Gasteiger partial charge on any atom is -0.458 e. The van der Waals surface area contributed by atoms with E-state index in [9.17, 15) is 14.7 Å². The van der Waals surface area contributed by atoms with Crippen LogP contribution >= 0.6 is 0 Å². The average molecular weight is 285 g/mol. The maximum Gasteiger partial charge on any atom is 0.261 e. The molecule has 2 N–H and O–H groups in total. The van der Waals surface area contributed by atoms with Gasteiger partial charge in [0.15, 0.2) is 11.4 Å². The highest BCUT2D eigenvalue weighted by atomic mass is 16.3. The highest BCUT2D eigenvalue weighted by Crippen LogP contribution is 2.39. The summed E-state index contributed by atoms with van der Waals surface area (Å²) in [5.41, 5.74) is 0.0321. The van der Waals surface area contributed by atoms with Crippen molar-refractivity contribution in [2.75, 3.05) is 5.32 Å². The third kappa shape index (κ3) is 2.15. The SMILES string of the molecule is Cc1ccc2c(c1)[C@](O)(CC(=O)c1ccc(C)o1)C(=O)N2. The normalized spacial score (nSPS) is 20.2. The Labute approximate surface area is 121 Å². The fraction of sp³-hybridized carbons (Fsp3) is 0.250. The van der Waals surface area contributed by atoms with Crippen LogP contribution in [0.25, 0.3) is 0 Å². The molecule has 0 saturated carbocycles. The van der Waals surface area contributed by atoms with Gasteiger partial charge in [0, 0.05) is 11.3 Å². The number of aryl methyl sites for hydroxylation is 2. The van der Waals surface area contributed by atoms with Gasteiger partial charge in [0.25, 0.3) is 5.91 Å². The Morgan fingerprint density at radius 1 is 1.29 bits per heavy atom. The Morgan fingerprint density at radius 2 is 2.05 bits per heavy atom. The second kappa shape index (κ2) is 4.56. The predicted octanol–water partition coefficient (Wildman–Crippen LogP) is 2.31. The number of amides is 1. The Bertz CT molecular complexity index is 746. The number of benzene rings is 1. The quantitative estimate of drug-likeness (QED) is 0.848. The van der Waals surface area contributed by atoms with Gasteiger partial charge in [0.2, 0.25) is 5.78 Å². The Hall–Kier alpha value is -2.40. The number of Topliss-reactive ketones (excluding diaryl/α,β-unsaturated/α-hetero) is 1. The minimum atomic E-state index is -1.85. The van der Waals surface area contributed by atoms with Crippen LogP contribution in [0.1, 0.15) is 33.9 Å². The van der Waals surface area contributed by atoms with Gasteiger partial charge in [-0.15, -0.1) is 0 Å². The lowest BCUT2D eigenvalue weighted by Gasteiger charge is -2.19. The summed E-state index contributed by atoms with van der Waals surface area (Å²) >= 11 is 0. The number of rotatable bonds is 3. The van der Waals surface area contributed by atoms with E-state index < -0.39 is 17.3 Å². The van der Waals surface area contributed by atoms with E-state index in [-0.39, 0.29) is 12.2 Å². The number of carbonyl (C=O) groups excluding carboxylic acids is 2. The van der Waals surface area contributed by atoms with Gasteiger partial charge < -0.3 is 14.8 Å². The number of hydrogen-bond donors (Lipinski definition) is 2. The highest BCUT2D eigenvalue weighted by Gasteiger charge is 2.47. The first-order valence-electron chi connectivity index (χ1n) is 6.65. The molecular weight excluding hydrogens is 270 g/mol. The Balaban J connectivity index is 1.96. The zero-order valence-corrected chi connectivity index (χ0v) is 11.8. The van der Waals surface area contributed by atoms with Gasteiger partial charge in [-0.05, 0) is 32.0 Å². The van der Waals surface area contributed by atoms with Crippen LogP contribution < -0.4 is 5.32 Å². The monoisotopic (exact) mass is 285 g/mol. The Morgan fingerprint density at radius 3 is 2.71 bits per heavy atom. The van der Waals surface area contributed by atoms with Crippen molar-refractivity contribution >= 4 is 17.4 Å². The van der Waals surface area contributed by atoms with Crippen LogP contribution in [0.15, 0.2) is 34.7 Å². The molecule has 0 fully saturated rings. The number of aliphatic hydroxyl groups is 1. The van der Waals surface area contributed by atoms with Gasteiger partial charge >= 0.3 is 0 Å². The summed E-state index contributed by atoms with van der Waals surface area (Å²) in [7, 11) is 0. The second-order valence-electron chi connectivity index (χ2n) is 5.37. The van der Waals surface area contributed by atoms with Crippen molar-refractivity contribution in [2.45, 2.75) is 25.9 Å². The molecule has 0 saturated heterocycles. The number of ketones is 1. The number of fused-ring (bicyclic) bond motifs is 1. The maximum absolute atomic E-state index is 12.2. The molecule has 108 valence electrons. The van der Waals surface area contributed by atoms with Crippen molar-refractivity contribution in [1.29, 1.82) is 0 Å². The first-order valence-corrected chi connectivity index (χ1v) is 6.65. The summed E-state index contributed by atoms with van der Waals surface area (Å²) in [5, 5.41) is 13.3. The molecule has 0 radical (unpaired) electrons. The van der Waals surface area contributed by atoms with Crippen molar-refractivity contribution in [3.8, 4) is 0 Å². The van der Waals surface area contributed by atoms with Crippen LogP contribution in [-0.2, 0) is 10.4 Å². The summed E-state index contributed by atoms with van der Waals surface area (Å²) in [4.78, 5) is 24.3. The molecule has 0 bridgehead atoms. The molecule has 5 heteroatoms. The van der Waals surface area contributed by atoms with Crippen LogP contribution in [0.4, 0.5) is 5.69 Å². The summed E-state index contributed by atoms with van der Waals surface area (Å²) in [6.07, 6.45) is -0.345. The first kappa shape index (κ1) is 13.6. The molecule has 0 aliphatic carbocycles. The number of nitrogens with one attached hydrogen (secondary N) is 1. The molecule has 1 amide bonds. The lowest BCUT2D eigenvalue weighted by Crippen LogP contribution is -2.36. The molecule has 3 rings (SSSR count). The lowest BCUT2D eigenvalue weighted by atomic mass is 9.88. The number of carbonyl (C=O) groups is 2. The second-order valence-corrected chi connectivity index (χ2v) is 5.37. The van der Waals surface area contributed by atoms with E-state index in [0.29, 0.717) is 17.0 Å². The first-order chi connectivity index (χ1) is 9.90. The van der Waals surface area contributed by atoms with Crippen molar-refractivity contribution < 1.29 is 19.1 Å². The third-order valence-corrected chi connectivity index (χ3v) is 3.68. The van der Waals surface area contributed by atoms with Crippen molar-refractivity contribution in [3.63, 3.8) is 0 Å². The topological polar surface area (TPSA) is 79.5 Å². The molecular formula is C16H15NO4. The predicted molar refractivity (Wildman–Crippen MR) is 76.1 cm³/mol. The van der Waals surface area contributed by atoms with E-state index >= 15 is 0 Å². The summed E-state index contributed by atoms with van der Waals surface area (Å²) in [6, 6.07) is 8.49. The van der Waals surface area contributed by atoms with Crippen molar-refractivity contribution in [1.82, 2.24) is 0 Å². The van der Waals surface area contributed by atoms with Crippen LogP contribution in [0.3, 0.4) is 0 Å². The van der Waals surface area contributed by atoms with E-state index in [4.69, 9.17) is 4.42 Å². The molecule has 0 spiro atoms. The molecule has 1 atom stereocenters. The van der Waals surface area contributed by atoms with E-state index in [1.807, 2.05) is 13.0 Å².